The van der Waals surface area contributed by atoms with E-state index >= 15 is 0 Å². The molecule has 6 nitrogen and oxygen atoms in total. The minimum absolute atomic E-state index is 0.0632. The van der Waals surface area contributed by atoms with Gasteiger partial charge in [0.2, 0.25) is 5.91 Å². The number of ether oxygens (including phenoxy) is 2. The first-order valence-electron chi connectivity index (χ1n) is 7.77. The predicted octanol–water partition coefficient (Wildman–Crippen LogP) is 1.57. The van der Waals surface area contributed by atoms with Crippen molar-refractivity contribution in [1.82, 2.24) is 4.90 Å². The number of nitrogens with zero attached hydrogens (tertiary/aromatic N) is 1. The van der Waals surface area contributed by atoms with Gasteiger partial charge in [-0.25, -0.2) is 0 Å². The van der Waals surface area contributed by atoms with Crippen LogP contribution in [0.5, 0.6) is 0 Å². The van der Waals surface area contributed by atoms with E-state index in [1.165, 1.54) is 0 Å². The van der Waals surface area contributed by atoms with Crippen LogP contribution in [0.1, 0.15) is 47.5 Å². The van der Waals surface area contributed by atoms with Crippen LogP contribution < -0.4 is 5.73 Å². The van der Waals surface area contributed by atoms with Gasteiger partial charge in [-0.15, -0.1) is 0 Å². The number of methoxy groups -OCH3 is 1. The molecular weight excluding hydrogens is 284 g/mol. The van der Waals surface area contributed by atoms with Crippen LogP contribution in [0, 0.1) is 5.92 Å². The Morgan fingerprint density at radius 3 is 2.18 bits per heavy atom. The molecule has 130 valence electrons. The highest BCUT2D eigenvalue weighted by Gasteiger charge is 2.34. The third-order valence-electron chi connectivity index (χ3n) is 3.71. The number of hydrogen-bond donors (Lipinski definition) is 1. The van der Waals surface area contributed by atoms with Crippen molar-refractivity contribution in [3.8, 4) is 0 Å². The van der Waals surface area contributed by atoms with E-state index in [9.17, 15) is 9.59 Å². The van der Waals surface area contributed by atoms with Gasteiger partial charge in [0.1, 0.15) is 5.60 Å². The molecule has 0 aliphatic heterocycles. The van der Waals surface area contributed by atoms with E-state index in [0.29, 0.717) is 0 Å². The van der Waals surface area contributed by atoms with Crippen LogP contribution in [0.4, 0.5) is 0 Å². The molecule has 0 aromatic rings. The summed E-state index contributed by atoms with van der Waals surface area (Å²) in [6, 6.07) is -0.224. The lowest BCUT2D eigenvalue weighted by atomic mass is 9.91. The van der Waals surface area contributed by atoms with E-state index in [2.05, 4.69) is 0 Å². The van der Waals surface area contributed by atoms with Crippen molar-refractivity contribution >= 4 is 11.9 Å². The Hall–Kier alpha value is -1.14. The van der Waals surface area contributed by atoms with E-state index in [4.69, 9.17) is 15.2 Å². The van der Waals surface area contributed by atoms with E-state index in [1.54, 1.807) is 19.1 Å². The fraction of sp³-hybridized carbons (Fsp3) is 0.875. The van der Waals surface area contributed by atoms with Crippen molar-refractivity contribution in [2.75, 3.05) is 20.7 Å². The van der Waals surface area contributed by atoms with Gasteiger partial charge in [0, 0.05) is 14.2 Å². The largest absolute Gasteiger partial charge is 0.460 e. The fourth-order valence-corrected chi connectivity index (χ4v) is 2.44. The Kier molecular flexibility index (Phi) is 8.63. The van der Waals surface area contributed by atoms with Gasteiger partial charge in [0.05, 0.1) is 25.1 Å². The number of amides is 1. The third-order valence-corrected chi connectivity index (χ3v) is 3.71. The second-order valence-corrected chi connectivity index (χ2v) is 6.65. The quantitative estimate of drug-likeness (QED) is 0.687. The Morgan fingerprint density at radius 1 is 1.27 bits per heavy atom. The molecular formula is C16H32N2O4. The fourth-order valence-electron chi connectivity index (χ4n) is 2.44. The average molecular weight is 316 g/mol. The number of carbonyl (C=O) groups is 2. The molecule has 0 spiro atoms. The maximum atomic E-state index is 12.1. The van der Waals surface area contributed by atoms with Gasteiger partial charge in [0.15, 0.2) is 0 Å². The minimum Gasteiger partial charge on any atom is -0.460 e. The molecule has 0 unspecified atom stereocenters. The molecule has 0 rings (SSSR count). The molecule has 0 bridgehead atoms. The molecule has 0 aliphatic carbocycles. The Bertz CT molecular complexity index is 366. The highest BCUT2D eigenvalue weighted by molar-refractivity contribution is 5.78. The van der Waals surface area contributed by atoms with Crippen LogP contribution in [0.15, 0.2) is 0 Å². The Balaban J connectivity index is 5.14. The van der Waals surface area contributed by atoms with Crippen molar-refractivity contribution in [3.05, 3.63) is 0 Å². The summed E-state index contributed by atoms with van der Waals surface area (Å²) in [5.41, 5.74) is 4.91. The summed E-state index contributed by atoms with van der Waals surface area (Å²) < 4.78 is 10.9. The summed E-state index contributed by atoms with van der Waals surface area (Å²) in [6.45, 7) is 9.48. The number of likely N-dealkylation sites (N-methyl/N-ethyl adjacent to an activating group) is 1. The summed E-state index contributed by atoms with van der Waals surface area (Å²) in [7, 11) is 3.25. The van der Waals surface area contributed by atoms with Crippen molar-refractivity contribution in [1.29, 1.82) is 0 Å². The summed E-state index contributed by atoms with van der Waals surface area (Å²) >= 11 is 0. The normalized spacial score (nSPS) is 15.8. The summed E-state index contributed by atoms with van der Waals surface area (Å²) in [5, 5.41) is 0. The van der Waals surface area contributed by atoms with E-state index < -0.39 is 11.7 Å². The van der Waals surface area contributed by atoms with E-state index in [1.807, 2.05) is 34.6 Å². The smallest absolute Gasteiger partial charge is 0.309 e. The number of nitrogens with two attached hydrogens (primary N) is 1. The number of carbonyl (C=O) groups excluding carboxylic acids is 2. The third kappa shape index (κ3) is 6.75. The molecule has 0 saturated heterocycles. The molecule has 0 aromatic carbocycles. The van der Waals surface area contributed by atoms with Crippen LogP contribution in [-0.2, 0) is 19.1 Å². The van der Waals surface area contributed by atoms with E-state index in [0.717, 1.165) is 6.42 Å². The molecule has 2 N–H and O–H groups in total. The van der Waals surface area contributed by atoms with Crippen molar-refractivity contribution in [3.63, 3.8) is 0 Å². The van der Waals surface area contributed by atoms with E-state index in [-0.39, 0.29) is 36.8 Å². The molecule has 22 heavy (non-hydrogen) atoms. The first-order chi connectivity index (χ1) is 10.1. The summed E-state index contributed by atoms with van der Waals surface area (Å²) in [4.78, 5) is 25.6. The van der Waals surface area contributed by atoms with Gasteiger partial charge in [-0.05, 0) is 26.7 Å². The zero-order valence-electron chi connectivity index (χ0n) is 15.0. The Morgan fingerprint density at radius 2 is 1.82 bits per heavy atom. The second-order valence-electron chi connectivity index (χ2n) is 6.65. The zero-order valence-corrected chi connectivity index (χ0v) is 15.0. The average Bonchev–Trinajstić information content (AvgIpc) is 2.42. The van der Waals surface area contributed by atoms with Crippen molar-refractivity contribution in [2.45, 2.75) is 65.2 Å². The number of hydrogen-bond acceptors (Lipinski definition) is 5. The molecule has 6 heteroatoms. The molecule has 0 fully saturated rings. The van der Waals surface area contributed by atoms with Crippen LogP contribution in [0.3, 0.4) is 0 Å². The zero-order chi connectivity index (χ0) is 17.5. The van der Waals surface area contributed by atoms with Crippen LogP contribution >= 0.6 is 0 Å². The maximum absolute atomic E-state index is 12.1. The molecule has 1 amide bonds. The SMILES string of the molecule is CC[C@H](C)[C@@H]([C@@H](CC(=O)OC(C)(C)C)OC)N(C)C(=O)CN. The number of esters is 1. The van der Waals surface area contributed by atoms with Gasteiger partial charge < -0.3 is 20.1 Å². The lowest BCUT2D eigenvalue weighted by Crippen LogP contribution is -2.51. The van der Waals surface area contributed by atoms with Gasteiger partial charge >= 0.3 is 5.97 Å². The standard InChI is InChI=1S/C16H32N2O4/c1-8-11(2)15(18(6)13(19)10-17)12(21-7)9-14(20)22-16(3,4)5/h11-12,15H,8-10,17H2,1-7H3/t11-,12+,15-/m0/s1. The van der Waals surface area contributed by atoms with Gasteiger partial charge in [-0.1, -0.05) is 20.3 Å². The van der Waals surface area contributed by atoms with Crippen LogP contribution in [0.2, 0.25) is 0 Å². The summed E-state index contributed by atoms with van der Waals surface area (Å²) in [5.74, 6) is -0.328. The predicted molar refractivity (Wildman–Crippen MR) is 86.3 cm³/mol. The van der Waals surface area contributed by atoms with Gasteiger partial charge in [0.25, 0.3) is 0 Å². The maximum Gasteiger partial charge on any atom is 0.309 e. The molecule has 0 radical (unpaired) electrons. The van der Waals surface area contributed by atoms with Crippen molar-refractivity contribution < 1.29 is 19.1 Å². The molecule has 3 atom stereocenters. The highest BCUT2D eigenvalue weighted by Crippen LogP contribution is 2.22. The molecule has 0 saturated carbocycles. The lowest BCUT2D eigenvalue weighted by Gasteiger charge is -2.37. The second kappa shape index (κ2) is 9.10. The minimum atomic E-state index is -0.541. The number of rotatable bonds is 8. The molecule has 0 aromatic heterocycles. The first-order valence-corrected chi connectivity index (χ1v) is 7.77. The topological polar surface area (TPSA) is 81.9 Å². The Labute approximate surface area is 134 Å². The molecule has 0 heterocycles. The van der Waals surface area contributed by atoms with Crippen LogP contribution in [0.25, 0.3) is 0 Å². The van der Waals surface area contributed by atoms with Gasteiger partial charge in [-0.3, -0.25) is 9.59 Å². The summed E-state index contributed by atoms with van der Waals surface area (Å²) in [6.07, 6.45) is 0.539. The van der Waals surface area contributed by atoms with Crippen LogP contribution in [-0.4, -0.2) is 55.2 Å². The lowest BCUT2D eigenvalue weighted by molar-refractivity contribution is -0.160. The highest BCUT2D eigenvalue weighted by atomic mass is 16.6. The molecule has 0 aliphatic rings. The first kappa shape index (κ1) is 20.9. The monoisotopic (exact) mass is 316 g/mol. The van der Waals surface area contributed by atoms with Crippen molar-refractivity contribution in [2.24, 2.45) is 11.7 Å². The van der Waals surface area contributed by atoms with Gasteiger partial charge in [-0.2, -0.15) is 0 Å².